The van der Waals surface area contributed by atoms with E-state index in [2.05, 4.69) is 39.4 Å². The zero-order valence-electron chi connectivity index (χ0n) is 15.9. The fourth-order valence-corrected chi connectivity index (χ4v) is 4.21. The Morgan fingerprint density at radius 2 is 1.93 bits per heavy atom. The molecule has 8 heteroatoms. The van der Waals surface area contributed by atoms with Crippen molar-refractivity contribution in [2.45, 2.75) is 43.8 Å². The Kier molecular flexibility index (Phi) is 6.73. The maximum absolute atomic E-state index is 12.8. The van der Waals surface area contributed by atoms with Gasteiger partial charge >= 0.3 is 5.69 Å². The number of carbonyl (C=O) groups excluding carboxylic acids is 1. The van der Waals surface area contributed by atoms with Gasteiger partial charge in [0.15, 0.2) is 5.16 Å². The second kappa shape index (κ2) is 9.23. The largest absolute Gasteiger partial charge is 0.343 e. The number of aromatic amines is 1. The van der Waals surface area contributed by atoms with Crippen molar-refractivity contribution in [3.63, 3.8) is 0 Å². The van der Waals surface area contributed by atoms with Crippen LogP contribution in [0.2, 0.25) is 0 Å². The molecular formula is C19H27N5O2S. The van der Waals surface area contributed by atoms with E-state index in [1.165, 1.54) is 17.3 Å². The van der Waals surface area contributed by atoms with Gasteiger partial charge in [0.1, 0.15) is 0 Å². The van der Waals surface area contributed by atoms with Crippen LogP contribution in [0, 0.1) is 0 Å². The van der Waals surface area contributed by atoms with Crippen molar-refractivity contribution in [1.29, 1.82) is 0 Å². The molecule has 1 amide bonds. The quantitative estimate of drug-likeness (QED) is 0.731. The first-order valence-electron chi connectivity index (χ1n) is 9.45. The van der Waals surface area contributed by atoms with E-state index in [0.717, 1.165) is 39.1 Å². The molecule has 2 aromatic rings. The van der Waals surface area contributed by atoms with Crippen LogP contribution in [0.4, 0.5) is 0 Å². The van der Waals surface area contributed by atoms with Crippen LogP contribution in [-0.4, -0.2) is 61.9 Å². The number of hydrogen-bond acceptors (Lipinski definition) is 5. The number of carbonyl (C=O) groups is 1. The van der Waals surface area contributed by atoms with Gasteiger partial charge in [0.2, 0.25) is 5.91 Å². The molecule has 1 atom stereocenters. The summed E-state index contributed by atoms with van der Waals surface area (Å²) in [6.45, 7) is 8.65. The smallest absolute Gasteiger partial charge is 0.339 e. The molecular weight excluding hydrogens is 362 g/mol. The molecule has 1 N–H and O–H groups in total. The number of aromatic nitrogens is 3. The van der Waals surface area contributed by atoms with Gasteiger partial charge in [-0.15, -0.1) is 5.10 Å². The van der Waals surface area contributed by atoms with Crippen molar-refractivity contribution < 1.29 is 4.79 Å². The predicted octanol–water partition coefficient (Wildman–Crippen LogP) is 1.81. The van der Waals surface area contributed by atoms with Crippen molar-refractivity contribution in [3.8, 4) is 0 Å². The predicted molar refractivity (Wildman–Crippen MR) is 107 cm³/mol. The fourth-order valence-electron chi connectivity index (χ4n) is 3.25. The maximum atomic E-state index is 12.8. The number of amides is 1. The molecule has 0 unspecified atom stereocenters. The van der Waals surface area contributed by atoms with Crippen LogP contribution in [-0.2, 0) is 17.9 Å². The average molecular weight is 390 g/mol. The van der Waals surface area contributed by atoms with Gasteiger partial charge < -0.3 is 4.90 Å². The van der Waals surface area contributed by atoms with E-state index in [9.17, 15) is 9.59 Å². The Morgan fingerprint density at radius 1 is 1.22 bits per heavy atom. The van der Waals surface area contributed by atoms with Gasteiger partial charge in [-0.2, -0.15) is 0 Å². The van der Waals surface area contributed by atoms with Crippen LogP contribution in [0.15, 0.2) is 40.3 Å². The standard InChI is InChI=1S/C19H27N5O2S/c1-3-9-24-18(26)20-21-19(24)27-15(2)17(25)23-12-10-22(11-13-23)14-16-7-5-4-6-8-16/h4-8,15H,3,9-14H2,1-2H3,(H,20,26)/t15-/m0/s1. The molecule has 1 saturated heterocycles. The molecule has 2 heterocycles. The summed E-state index contributed by atoms with van der Waals surface area (Å²) in [6, 6.07) is 10.4. The highest BCUT2D eigenvalue weighted by Gasteiger charge is 2.27. The first-order chi connectivity index (χ1) is 13.1. The molecule has 1 aromatic heterocycles. The third-order valence-electron chi connectivity index (χ3n) is 4.73. The Bertz CT molecular complexity index is 796. The summed E-state index contributed by atoms with van der Waals surface area (Å²) in [6.07, 6.45) is 0.846. The molecule has 0 saturated carbocycles. The van der Waals surface area contributed by atoms with Crippen molar-refractivity contribution in [3.05, 3.63) is 46.4 Å². The van der Waals surface area contributed by atoms with Crippen molar-refractivity contribution >= 4 is 17.7 Å². The molecule has 1 aliphatic heterocycles. The zero-order chi connectivity index (χ0) is 19.2. The van der Waals surface area contributed by atoms with Gasteiger partial charge in [0, 0.05) is 39.3 Å². The molecule has 0 bridgehead atoms. The Balaban J connectivity index is 1.52. The van der Waals surface area contributed by atoms with E-state index >= 15 is 0 Å². The van der Waals surface area contributed by atoms with Crippen LogP contribution in [0.5, 0.6) is 0 Å². The van der Waals surface area contributed by atoms with E-state index in [1.807, 2.05) is 24.8 Å². The van der Waals surface area contributed by atoms with Crippen molar-refractivity contribution in [1.82, 2.24) is 24.6 Å². The van der Waals surface area contributed by atoms with Gasteiger partial charge in [0.05, 0.1) is 5.25 Å². The molecule has 0 aliphatic carbocycles. The third-order valence-corrected chi connectivity index (χ3v) is 5.81. The lowest BCUT2D eigenvalue weighted by Crippen LogP contribution is -2.50. The number of H-pyrrole nitrogens is 1. The zero-order valence-corrected chi connectivity index (χ0v) is 16.7. The highest BCUT2D eigenvalue weighted by Crippen LogP contribution is 2.22. The lowest BCUT2D eigenvalue weighted by Gasteiger charge is -2.35. The minimum absolute atomic E-state index is 0.109. The van der Waals surface area contributed by atoms with Crippen LogP contribution in [0.1, 0.15) is 25.8 Å². The van der Waals surface area contributed by atoms with Gasteiger partial charge in [-0.05, 0) is 18.9 Å². The summed E-state index contributed by atoms with van der Waals surface area (Å²) in [5, 5.41) is 6.87. The van der Waals surface area contributed by atoms with Crippen molar-refractivity contribution in [2.24, 2.45) is 0 Å². The van der Waals surface area contributed by atoms with Crippen LogP contribution in [0.3, 0.4) is 0 Å². The average Bonchev–Trinajstić information content (AvgIpc) is 3.03. The topological polar surface area (TPSA) is 74.2 Å². The van der Waals surface area contributed by atoms with E-state index in [1.54, 1.807) is 4.57 Å². The number of piperazine rings is 1. The molecule has 7 nitrogen and oxygen atoms in total. The van der Waals surface area contributed by atoms with Gasteiger partial charge in [-0.1, -0.05) is 49.0 Å². The Labute approximate surface area is 163 Å². The molecule has 146 valence electrons. The molecule has 1 aromatic carbocycles. The summed E-state index contributed by atoms with van der Waals surface area (Å²) in [5.74, 6) is 0.109. The summed E-state index contributed by atoms with van der Waals surface area (Å²) < 4.78 is 1.60. The first kappa shape index (κ1) is 19.7. The monoisotopic (exact) mass is 389 g/mol. The van der Waals surface area contributed by atoms with Crippen LogP contribution in [0.25, 0.3) is 0 Å². The van der Waals surface area contributed by atoms with E-state index in [-0.39, 0.29) is 16.8 Å². The first-order valence-corrected chi connectivity index (χ1v) is 10.3. The number of benzene rings is 1. The minimum Gasteiger partial charge on any atom is -0.339 e. The van der Waals surface area contributed by atoms with Crippen LogP contribution >= 0.6 is 11.8 Å². The second-order valence-corrected chi connectivity index (χ2v) is 8.12. The summed E-state index contributed by atoms with van der Waals surface area (Å²) in [7, 11) is 0. The van der Waals surface area contributed by atoms with E-state index < -0.39 is 0 Å². The second-order valence-electron chi connectivity index (χ2n) is 6.81. The molecule has 0 spiro atoms. The van der Waals surface area contributed by atoms with E-state index in [4.69, 9.17) is 0 Å². The number of nitrogens with one attached hydrogen (secondary N) is 1. The van der Waals surface area contributed by atoms with Crippen molar-refractivity contribution in [2.75, 3.05) is 26.2 Å². The molecule has 0 radical (unpaired) electrons. The Morgan fingerprint density at radius 3 is 2.59 bits per heavy atom. The van der Waals surface area contributed by atoms with Gasteiger partial charge in [-0.25, -0.2) is 9.89 Å². The summed E-state index contributed by atoms with van der Waals surface area (Å²) in [4.78, 5) is 28.9. The fraction of sp³-hybridized carbons (Fsp3) is 0.526. The van der Waals surface area contributed by atoms with Gasteiger partial charge in [0.25, 0.3) is 0 Å². The lowest BCUT2D eigenvalue weighted by molar-refractivity contribution is -0.132. The number of nitrogens with zero attached hydrogens (tertiary/aromatic N) is 4. The molecule has 1 aliphatic rings. The number of hydrogen-bond donors (Lipinski definition) is 1. The van der Waals surface area contributed by atoms with E-state index in [0.29, 0.717) is 11.7 Å². The number of rotatable bonds is 7. The van der Waals surface area contributed by atoms with Gasteiger partial charge in [-0.3, -0.25) is 14.3 Å². The number of thioether (sulfide) groups is 1. The molecule has 1 fully saturated rings. The SMILES string of the molecule is CCCn1c(S[C@@H](C)C(=O)N2CCN(Cc3ccccc3)CC2)n[nH]c1=O. The normalized spacial score (nSPS) is 16.4. The molecule has 3 rings (SSSR count). The molecule has 27 heavy (non-hydrogen) atoms. The third kappa shape index (κ3) is 5.01. The summed E-state index contributed by atoms with van der Waals surface area (Å²) >= 11 is 1.35. The lowest BCUT2D eigenvalue weighted by atomic mass is 10.2. The van der Waals surface area contributed by atoms with Crippen LogP contribution < -0.4 is 5.69 Å². The highest BCUT2D eigenvalue weighted by atomic mass is 32.2. The maximum Gasteiger partial charge on any atom is 0.343 e. The summed E-state index contributed by atoms with van der Waals surface area (Å²) in [5.41, 5.74) is 1.09. The highest BCUT2D eigenvalue weighted by molar-refractivity contribution is 8.00. The Hall–Kier alpha value is -2.06. The minimum atomic E-state index is -0.267.